The summed E-state index contributed by atoms with van der Waals surface area (Å²) in [6, 6.07) is 16.3. The zero-order valence-electron chi connectivity index (χ0n) is 15.3. The van der Waals surface area contributed by atoms with Crippen molar-refractivity contribution in [1.82, 2.24) is 14.9 Å². The molecule has 0 bridgehead atoms. The van der Waals surface area contributed by atoms with Gasteiger partial charge in [0.05, 0.1) is 11.1 Å². The number of para-hydroxylation sites is 1. The van der Waals surface area contributed by atoms with Crippen molar-refractivity contribution in [3.8, 4) is 0 Å². The predicted molar refractivity (Wildman–Crippen MR) is 105 cm³/mol. The number of fused-ring (bicyclic) bond motifs is 3. The normalized spacial score (nSPS) is 11.2. The van der Waals surface area contributed by atoms with Gasteiger partial charge in [0.1, 0.15) is 11.5 Å². The number of nitrogens with zero attached hydrogens (tertiary/aromatic N) is 2. The lowest BCUT2D eigenvalue weighted by atomic mass is 10.1. The second-order valence-electron chi connectivity index (χ2n) is 6.68. The Morgan fingerprint density at radius 1 is 1.11 bits per heavy atom. The molecule has 0 fully saturated rings. The maximum absolute atomic E-state index is 13.8. The zero-order valence-corrected chi connectivity index (χ0v) is 15.3. The summed E-state index contributed by atoms with van der Waals surface area (Å²) in [4.78, 5) is 17.0. The number of rotatable bonds is 4. The van der Waals surface area contributed by atoms with Gasteiger partial charge >= 0.3 is 0 Å². The number of carbonyl (C=O) groups excluding carboxylic acids is 1. The molecule has 1 N–H and O–H groups in total. The molecule has 0 unspecified atom stereocenters. The fraction of sp³-hybridized carbons (Fsp3) is 0.182. The average molecular weight is 361 g/mol. The molecule has 136 valence electrons. The van der Waals surface area contributed by atoms with Crippen molar-refractivity contribution in [3.63, 3.8) is 0 Å². The number of pyridine rings is 1. The van der Waals surface area contributed by atoms with Crippen LogP contribution in [0, 0.1) is 19.7 Å². The van der Waals surface area contributed by atoms with Gasteiger partial charge in [-0.3, -0.25) is 4.79 Å². The molecule has 2 aromatic carbocycles. The van der Waals surface area contributed by atoms with E-state index in [-0.39, 0.29) is 5.56 Å². The van der Waals surface area contributed by atoms with Crippen LogP contribution < -0.4 is 5.32 Å². The number of carbonyl (C=O) groups is 1. The van der Waals surface area contributed by atoms with Crippen LogP contribution in [0.5, 0.6) is 0 Å². The standard InChI is InChI=1S/C22H20FN3O/c1-14-13-15(2)25-21-20(14)17-8-4-6-10-19(17)26(21)12-11-24-22(27)16-7-3-5-9-18(16)23/h3-10,13H,11-12H2,1-2H3,(H,24,27). The first-order chi connectivity index (χ1) is 13.1. The van der Waals surface area contributed by atoms with E-state index in [1.807, 2.05) is 19.1 Å². The number of aromatic nitrogens is 2. The van der Waals surface area contributed by atoms with Crippen molar-refractivity contribution >= 4 is 27.8 Å². The van der Waals surface area contributed by atoms with E-state index in [4.69, 9.17) is 4.98 Å². The second-order valence-corrected chi connectivity index (χ2v) is 6.68. The zero-order chi connectivity index (χ0) is 19.0. The summed E-state index contributed by atoms with van der Waals surface area (Å²) in [5.41, 5.74) is 4.19. The van der Waals surface area contributed by atoms with E-state index in [1.54, 1.807) is 12.1 Å². The fourth-order valence-electron chi connectivity index (χ4n) is 3.63. The van der Waals surface area contributed by atoms with E-state index in [1.165, 1.54) is 17.7 Å². The first-order valence-electron chi connectivity index (χ1n) is 8.94. The highest BCUT2D eigenvalue weighted by atomic mass is 19.1. The van der Waals surface area contributed by atoms with Crippen LogP contribution in [-0.4, -0.2) is 22.0 Å². The lowest BCUT2D eigenvalue weighted by Gasteiger charge is -2.10. The minimum atomic E-state index is -0.514. The molecule has 0 spiro atoms. The number of hydrogen-bond donors (Lipinski definition) is 1. The maximum Gasteiger partial charge on any atom is 0.254 e. The molecule has 0 aliphatic rings. The summed E-state index contributed by atoms with van der Waals surface area (Å²) < 4.78 is 15.9. The lowest BCUT2D eigenvalue weighted by Crippen LogP contribution is -2.28. The Balaban J connectivity index is 1.65. The largest absolute Gasteiger partial charge is 0.350 e. The smallest absolute Gasteiger partial charge is 0.254 e. The summed E-state index contributed by atoms with van der Waals surface area (Å²) in [6.07, 6.45) is 0. The lowest BCUT2D eigenvalue weighted by molar-refractivity contribution is 0.0948. The third-order valence-corrected chi connectivity index (χ3v) is 4.78. The Bertz CT molecular complexity index is 1160. The molecule has 0 aliphatic heterocycles. The highest BCUT2D eigenvalue weighted by molar-refractivity contribution is 6.08. The van der Waals surface area contributed by atoms with Gasteiger partial charge in [0.2, 0.25) is 0 Å². The van der Waals surface area contributed by atoms with Crippen LogP contribution >= 0.6 is 0 Å². The highest BCUT2D eigenvalue weighted by Crippen LogP contribution is 2.30. The number of hydrogen-bond acceptors (Lipinski definition) is 2. The van der Waals surface area contributed by atoms with Gasteiger partial charge in [-0.05, 0) is 43.7 Å². The third-order valence-electron chi connectivity index (χ3n) is 4.78. The monoisotopic (exact) mass is 361 g/mol. The molecule has 4 rings (SSSR count). The Morgan fingerprint density at radius 2 is 1.85 bits per heavy atom. The summed E-state index contributed by atoms with van der Waals surface area (Å²) in [5, 5.41) is 5.10. The Hall–Kier alpha value is -3.21. The second kappa shape index (κ2) is 6.83. The van der Waals surface area contributed by atoms with Crippen LogP contribution in [0.2, 0.25) is 0 Å². The number of aryl methyl sites for hydroxylation is 2. The van der Waals surface area contributed by atoms with Crippen molar-refractivity contribution in [1.29, 1.82) is 0 Å². The van der Waals surface area contributed by atoms with E-state index in [9.17, 15) is 9.18 Å². The molecule has 27 heavy (non-hydrogen) atoms. The first kappa shape index (κ1) is 17.2. The van der Waals surface area contributed by atoms with Gasteiger partial charge in [0.25, 0.3) is 5.91 Å². The van der Waals surface area contributed by atoms with Gasteiger partial charge in [-0.15, -0.1) is 0 Å². The maximum atomic E-state index is 13.8. The molecular formula is C22H20FN3O. The van der Waals surface area contributed by atoms with Gasteiger partial charge in [0, 0.05) is 29.6 Å². The molecule has 2 aromatic heterocycles. The van der Waals surface area contributed by atoms with E-state index >= 15 is 0 Å². The van der Waals surface area contributed by atoms with Gasteiger partial charge in [-0.25, -0.2) is 9.37 Å². The molecule has 4 aromatic rings. The summed E-state index contributed by atoms with van der Waals surface area (Å²) >= 11 is 0. The molecule has 0 aliphatic carbocycles. The Kier molecular flexibility index (Phi) is 4.36. The molecule has 5 heteroatoms. The molecule has 4 nitrogen and oxygen atoms in total. The van der Waals surface area contributed by atoms with Crippen LogP contribution in [0.15, 0.2) is 54.6 Å². The SMILES string of the molecule is Cc1cc(C)c2c3ccccc3n(CCNC(=O)c3ccccc3F)c2n1. The van der Waals surface area contributed by atoms with Crippen LogP contribution in [0.25, 0.3) is 21.9 Å². The minimum absolute atomic E-state index is 0.0598. The predicted octanol–water partition coefficient (Wildman–Crippen LogP) is 4.38. The van der Waals surface area contributed by atoms with Crippen LogP contribution in [0.1, 0.15) is 21.6 Å². The van der Waals surface area contributed by atoms with E-state index in [0.717, 1.165) is 27.6 Å². The van der Waals surface area contributed by atoms with Crippen molar-refractivity contribution in [3.05, 3.63) is 77.2 Å². The molecule has 0 atom stereocenters. The first-order valence-corrected chi connectivity index (χ1v) is 8.94. The number of amides is 1. The van der Waals surface area contributed by atoms with E-state index in [0.29, 0.717) is 13.1 Å². The molecule has 0 saturated carbocycles. The van der Waals surface area contributed by atoms with Crippen molar-refractivity contribution < 1.29 is 9.18 Å². The molecule has 1 amide bonds. The summed E-state index contributed by atoms with van der Waals surface area (Å²) in [7, 11) is 0. The van der Waals surface area contributed by atoms with Gasteiger partial charge in [0.15, 0.2) is 0 Å². The number of benzene rings is 2. The third kappa shape index (κ3) is 3.05. The number of nitrogens with one attached hydrogen (secondary N) is 1. The van der Waals surface area contributed by atoms with Crippen molar-refractivity contribution in [2.45, 2.75) is 20.4 Å². The van der Waals surface area contributed by atoms with Crippen LogP contribution in [0.4, 0.5) is 4.39 Å². The summed E-state index contributed by atoms with van der Waals surface area (Å²) in [6.45, 7) is 5.01. The van der Waals surface area contributed by atoms with Crippen LogP contribution in [-0.2, 0) is 6.54 Å². The Morgan fingerprint density at radius 3 is 2.67 bits per heavy atom. The minimum Gasteiger partial charge on any atom is -0.350 e. The summed E-state index contributed by atoms with van der Waals surface area (Å²) in [5.74, 6) is -0.922. The molecule has 2 heterocycles. The molecule has 0 radical (unpaired) electrons. The Labute approximate surface area is 156 Å². The fourth-order valence-corrected chi connectivity index (χ4v) is 3.63. The quantitative estimate of drug-likeness (QED) is 0.586. The van der Waals surface area contributed by atoms with Crippen LogP contribution in [0.3, 0.4) is 0 Å². The molecule has 0 saturated heterocycles. The average Bonchev–Trinajstić information content (AvgIpc) is 2.96. The highest BCUT2D eigenvalue weighted by Gasteiger charge is 2.15. The van der Waals surface area contributed by atoms with E-state index in [2.05, 4.69) is 35.0 Å². The van der Waals surface area contributed by atoms with Gasteiger partial charge in [-0.1, -0.05) is 30.3 Å². The van der Waals surface area contributed by atoms with Gasteiger partial charge in [-0.2, -0.15) is 0 Å². The number of halogens is 1. The van der Waals surface area contributed by atoms with Gasteiger partial charge < -0.3 is 9.88 Å². The van der Waals surface area contributed by atoms with E-state index < -0.39 is 11.7 Å². The topological polar surface area (TPSA) is 46.9 Å². The van der Waals surface area contributed by atoms with Crippen molar-refractivity contribution in [2.24, 2.45) is 0 Å². The van der Waals surface area contributed by atoms with Crippen molar-refractivity contribution in [2.75, 3.05) is 6.54 Å². The molecular weight excluding hydrogens is 341 g/mol.